The molecular weight excluding hydrogens is 298 g/mol. The van der Waals surface area contributed by atoms with E-state index in [1.54, 1.807) is 31.3 Å². The highest BCUT2D eigenvalue weighted by atomic mass is 35.5. The first-order valence-electron chi connectivity index (χ1n) is 5.84. The summed E-state index contributed by atoms with van der Waals surface area (Å²) in [7, 11) is 0. The van der Waals surface area contributed by atoms with Crippen molar-refractivity contribution in [1.82, 2.24) is 9.78 Å². The van der Waals surface area contributed by atoms with Crippen LogP contribution in [0.1, 0.15) is 22.8 Å². The summed E-state index contributed by atoms with van der Waals surface area (Å²) in [6, 6.07) is 5.14. The predicted octanol–water partition coefficient (Wildman–Crippen LogP) is 2.34. The van der Waals surface area contributed by atoms with E-state index in [0.29, 0.717) is 28.4 Å². The third-order valence-electron chi connectivity index (χ3n) is 2.57. The summed E-state index contributed by atoms with van der Waals surface area (Å²) in [5, 5.41) is 4.53. The van der Waals surface area contributed by atoms with Crippen molar-refractivity contribution in [3.8, 4) is 5.69 Å². The summed E-state index contributed by atoms with van der Waals surface area (Å²) in [6.45, 7) is 2.06. The maximum Gasteiger partial charge on any atom is 0.341 e. The fraction of sp³-hybridized carbons (Fsp3) is 0.154. The van der Waals surface area contributed by atoms with Crippen LogP contribution in [-0.2, 0) is 4.74 Å². The van der Waals surface area contributed by atoms with Gasteiger partial charge in [-0.3, -0.25) is 0 Å². The fourth-order valence-corrected chi connectivity index (χ4v) is 2.01. The largest absolute Gasteiger partial charge is 0.462 e. The molecule has 20 heavy (non-hydrogen) atoms. The van der Waals surface area contributed by atoms with E-state index in [1.165, 1.54) is 10.9 Å². The molecule has 0 saturated heterocycles. The van der Waals surface area contributed by atoms with Gasteiger partial charge < -0.3 is 10.5 Å². The molecule has 0 aliphatic rings. The number of nitrogens with two attached hydrogens (primary N) is 1. The number of carbonyl (C=O) groups excluding carboxylic acids is 1. The van der Waals surface area contributed by atoms with Crippen molar-refractivity contribution in [2.75, 3.05) is 6.61 Å². The third-order valence-corrected chi connectivity index (χ3v) is 3.11. The Morgan fingerprint density at radius 2 is 2.25 bits per heavy atom. The van der Waals surface area contributed by atoms with Crippen LogP contribution in [0.4, 0.5) is 0 Å². The lowest BCUT2D eigenvalue weighted by atomic mass is 10.2. The minimum atomic E-state index is -0.422. The highest BCUT2D eigenvalue weighted by molar-refractivity contribution is 7.80. The first-order chi connectivity index (χ1) is 9.52. The molecule has 0 aliphatic heterocycles. The van der Waals surface area contributed by atoms with Gasteiger partial charge in [0.05, 0.1) is 29.1 Å². The van der Waals surface area contributed by atoms with Crippen molar-refractivity contribution in [2.45, 2.75) is 6.92 Å². The van der Waals surface area contributed by atoms with Crippen LogP contribution in [0.15, 0.2) is 30.6 Å². The molecule has 0 unspecified atom stereocenters. The minimum absolute atomic E-state index is 0.270. The number of carbonyl (C=O) groups is 1. The van der Waals surface area contributed by atoms with Crippen LogP contribution in [0.3, 0.4) is 0 Å². The van der Waals surface area contributed by atoms with Gasteiger partial charge in [-0.15, -0.1) is 0 Å². The molecule has 7 heteroatoms. The van der Waals surface area contributed by atoms with Gasteiger partial charge in [0.2, 0.25) is 0 Å². The Hall–Kier alpha value is -1.92. The lowest BCUT2D eigenvalue weighted by Gasteiger charge is -2.06. The van der Waals surface area contributed by atoms with Gasteiger partial charge >= 0.3 is 5.97 Å². The Labute approximate surface area is 126 Å². The van der Waals surface area contributed by atoms with Crippen LogP contribution in [0, 0.1) is 0 Å². The molecule has 2 rings (SSSR count). The van der Waals surface area contributed by atoms with Gasteiger partial charge in [0.1, 0.15) is 4.99 Å². The molecule has 0 saturated carbocycles. The maximum atomic E-state index is 11.6. The molecular formula is C13H12ClN3O2S. The lowest BCUT2D eigenvalue weighted by Crippen LogP contribution is -2.09. The van der Waals surface area contributed by atoms with Crippen molar-refractivity contribution < 1.29 is 9.53 Å². The standard InChI is InChI=1S/C13H12ClN3O2S/c1-2-19-13(18)9-6-16-17(7-9)11-4-3-8(12(15)20)5-10(11)14/h3-7H,2H2,1H3,(H2,15,20). The number of rotatable bonds is 4. The number of esters is 1. The van der Waals surface area contributed by atoms with E-state index in [0.717, 1.165) is 0 Å². The molecule has 0 atom stereocenters. The Bertz CT molecular complexity index is 669. The Kier molecular flexibility index (Phi) is 4.36. The predicted molar refractivity (Wildman–Crippen MR) is 80.4 cm³/mol. The number of benzene rings is 1. The summed E-state index contributed by atoms with van der Waals surface area (Å²) >= 11 is 11.1. The Balaban J connectivity index is 2.33. The van der Waals surface area contributed by atoms with Gasteiger partial charge in [-0.2, -0.15) is 5.10 Å². The molecule has 0 aliphatic carbocycles. The molecule has 104 valence electrons. The van der Waals surface area contributed by atoms with E-state index in [-0.39, 0.29) is 4.99 Å². The van der Waals surface area contributed by atoms with E-state index in [1.807, 2.05) is 0 Å². The van der Waals surface area contributed by atoms with Gasteiger partial charge in [-0.1, -0.05) is 23.8 Å². The van der Waals surface area contributed by atoms with E-state index >= 15 is 0 Å². The molecule has 0 radical (unpaired) electrons. The van der Waals surface area contributed by atoms with E-state index in [9.17, 15) is 4.79 Å². The van der Waals surface area contributed by atoms with Crippen molar-refractivity contribution in [1.29, 1.82) is 0 Å². The van der Waals surface area contributed by atoms with Crippen LogP contribution in [-0.4, -0.2) is 27.3 Å². The average Bonchev–Trinajstić information content (AvgIpc) is 2.88. The van der Waals surface area contributed by atoms with E-state index in [2.05, 4.69) is 5.10 Å². The number of thiocarbonyl (C=S) groups is 1. The molecule has 0 amide bonds. The van der Waals surface area contributed by atoms with E-state index < -0.39 is 5.97 Å². The Morgan fingerprint density at radius 3 is 2.85 bits per heavy atom. The quantitative estimate of drug-likeness (QED) is 0.693. The zero-order valence-electron chi connectivity index (χ0n) is 10.7. The molecule has 1 heterocycles. The number of halogens is 1. The second-order valence-electron chi connectivity index (χ2n) is 3.92. The highest BCUT2D eigenvalue weighted by Gasteiger charge is 2.12. The second kappa shape index (κ2) is 6.02. The number of ether oxygens (including phenoxy) is 1. The average molecular weight is 310 g/mol. The van der Waals surface area contributed by atoms with Gasteiger partial charge in [0.25, 0.3) is 0 Å². The summed E-state index contributed by atoms with van der Waals surface area (Å²) < 4.78 is 6.40. The lowest BCUT2D eigenvalue weighted by molar-refractivity contribution is 0.0526. The van der Waals surface area contributed by atoms with Crippen molar-refractivity contribution in [2.24, 2.45) is 5.73 Å². The molecule has 0 bridgehead atoms. The topological polar surface area (TPSA) is 70.1 Å². The van der Waals surface area contributed by atoms with E-state index in [4.69, 9.17) is 34.3 Å². The van der Waals surface area contributed by atoms with Crippen LogP contribution >= 0.6 is 23.8 Å². The van der Waals surface area contributed by atoms with Crippen molar-refractivity contribution >= 4 is 34.8 Å². The van der Waals surface area contributed by atoms with Crippen LogP contribution in [0.5, 0.6) is 0 Å². The van der Waals surface area contributed by atoms with Gasteiger partial charge in [0, 0.05) is 11.8 Å². The number of nitrogens with zero attached hydrogens (tertiary/aromatic N) is 2. The highest BCUT2D eigenvalue weighted by Crippen LogP contribution is 2.22. The van der Waals surface area contributed by atoms with Crippen LogP contribution < -0.4 is 5.73 Å². The molecule has 1 aromatic heterocycles. The zero-order chi connectivity index (χ0) is 14.7. The number of hydrogen-bond acceptors (Lipinski definition) is 4. The summed E-state index contributed by atoms with van der Waals surface area (Å²) in [4.78, 5) is 11.8. The Morgan fingerprint density at radius 1 is 1.50 bits per heavy atom. The molecule has 5 nitrogen and oxygen atoms in total. The van der Waals surface area contributed by atoms with Gasteiger partial charge in [-0.05, 0) is 25.1 Å². The first kappa shape index (κ1) is 14.5. The normalized spacial score (nSPS) is 10.3. The molecule has 0 spiro atoms. The number of aromatic nitrogens is 2. The van der Waals surface area contributed by atoms with Crippen LogP contribution in [0.25, 0.3) is 5.69 Å². The fourth-order valence-electron chi connectivity index (χ4n) is 1.62. The zero-order valence-corrected chi connectivity index (χ0v) is 12.2. The maximum absolute atomic E-state index is 11.6. The summed E-state index contributed by atoms with van der Waals surface area (Å²) in [5.74, 6) is -0.422. The summed E-state index contributed by atoms with van der Waals surface area (Å²) in [5.41, 5.74) is 7.20. The monoisotopic (exact) mass is 309 g/mol. The van der Waals surface area contributed by atoms with Crippen molar-refractivity contribution in [3.05, 3.63) is 46.7 Å². The summed E-state index contributed by atoms with van der Waals surface area (Å²) in [6.07, 6.45) is 2.98. The molecule has 0 fully saturated rings. The molecule has 1 aromatic carbocycles. The first-order valence-corrected chi connectivity index (χ1v) is 6.63. The second-order valence-corrected chi connectivity index (χ2v) is 4.77. The van der Waals surface area contributed by atoms with Gasteiger partial charge in [-0.25, -0.2) is 9.48 Å². The smallest absolute Gasteiger partial charge is 0.341 e. The third kappa shape index (κ3) is 2.97. The SMILES string of the molecule is CCOC(=O)c1cnn(-c2ccc(C(N)=S)cc2Cl)c1. The minimum Gasteiger partial charge on any atom is -0.462 e. The van der Waals surface area contributed by atoms with Gasteiger partial charge in [0.15, 0.2) is 0 Å². The molecule has 2 N–H and O–H groups in total. The van der Waals surface area contributed by atoms with Crippen LogP contribution in [0.2, 0.25) is 5.02 Å². The molecule has 2 aromatic rings. The van der Waals surface area contributed by atoms with Crippen molar-refractivity contribution in [3.63, 3.8) is 0 Å². The number of hydrogen-bond donors (Lipinski definition) is 1.